The topological polar surface area (TPSA) is 90.1 Å². The Morgan fingerprint density at radius 3 is 2.65 bits per heavy atom. The van der Waals surface area contributed by atoms with Crippen LogP contribution < -0.4 is 5.32 Å². The van der Waals surface area contributed by atoms with Gasteiger partial charge in [0.2, 0.25) is 0 Å². The zero-order valence-electron chi connectivity index (χ0n) is 13.8. The molecule has 0 fully saturated rings. The highest BCUT2D eigenvalue weighted by molar-refractivity contribution is 6.32. The van der Waals surface area contributed by atoms with Crippen molar-refractivity contribution in [3.63, 3.8) is 0 Å². The third-order valence-corrected chi connectivity index (χ3v) is 4.14. The maximum Gasteiger partial charge on any atom is 0.288 e. The number of nitro benzene ring substituents is 1. The molecular weight excluding hydrogens is 356 g/mol. The lowest BCUT2D eigenvalue weighted by molar-refractivity contribution is -0.384. The number of amides is 1. The second kappa shape index (κ2) is 7.37. The summed E-state index contributed by atoms with van der Waals surface area (Å²) in [6.07, 6.45) is 1.58. The number of nitro groups is 1. The number of aromatic nitrogens is 2. The van der Waals surface area contributed by atoms with Gasteiger partial charge in [-0.15, -0.1) is 0 Å². The fourth-order valence-electron chi connectivity index (χ4n) is 2.41. The highest BCUT2D eigenvalue weighted by Crippen LogP contribution is 2.25. The Bertz CT molecular complexity index is 967. The number of anilines is 1. The number of halogens is 1. The summed E-state index contributed by atoms with van der Waals surface area (Å²) >= 11 is 5.78. The first-order valence-electron chi connectivity index (χ1n) is 7.76. The number of nitrogens with one attached hydrogen (secondary N) is 1. The Hall–Kier alpha value is -3.19. The van der Waals surface area contributed by atoms with Crippen LogP contribution in [0.4, 0.5) is 11.5 Å². The van der Waals surface area contributed by atoms with E-state index in [9.17, 15) is 14.9 Å². The highest BCUT2D eigenvalue weighted by atomic mass is 35.5. The molecular formula is C18H15ClN4O3. The SMILES string of the molecule is Cc1ccc(Cn2nccc2NC(=O)c2ccc(Cl)c([N+](=O)[O-])c2)cc1. The van der Waals surface area contributed by atoms with E-state index in [2.05, 4.69) is 10.4 Å². The van der Waals surface area contributed by atoms with Gasteiger partial charge in [-0.2, -0.15) is 5.10 Å². The Morgan fingerprint density at radius 2 is 1.96 bits per heavy atom. The monoisotopic (exact) mass is 370 g/mol. The number of nitrogens with zero attached hydrogens (tertiary/aromatic N) is 3. The van der Waals surface area contributed by atoms with Crippen molar-refractivity contribution in [2.75, 3.05) is 5.32 Å². The quantitative estimate of drug-likeness (QED) is 0.541. The van der Waals surface area contributed by atoms with Gasteiger partial charge in [0.15, 0.2) is 0 Å². The maximum absolute atomic E-state index is 12.4. The van der Waals surface area contributed by atoms with E-state index in [0.29, 0.717) is 12.4 Å². The van der Waals surface area contributed by atoms with E-state index < -0.39 is 10.8 Å². The van der Waals surface area contributed by atoms with Gasteiger partial charge in [-0.1, -0.05) is 41.4 Å². The normalized spacial score (nSPS) is 10.5. The van der Waals surface area contributed by atoms with Crippen LogP contribution in [0.2, 0.25) is 5.02 Å². The summed E-state index contributed by atoms with van der Waals surface area (Å²) in [7, 11) is 0. The summed E-state index contributed by atoms with van der Waals surface area (Å²) in [4.78, 5) is 22.8. The van der Waals surface area contributed by atoms with Crippen molar-refractivity contribution in [2.24, 2.45) is 0 Å². The van der Waals surface area contributed by atoms with Crippen LogP contribution >= 0.6 is 11.6 Å². The van der Waals surface area contributed by atoms with E-state index in [4.69, 9.17) is 11.6 Å². The van der Waals surface area contributed by atoms with Crippen LogP contribution in [0.25, 0.3) is 0 Å². The van der Waals surface area contributed by atoms with Gasteiger partial charge < -0.3 is 5.32 Å². The maximum atomic E-state index is 12.4. The van der Waals surface area contributed by atoms with E-state index in [1.807, 2.05) is 31.2 Å². The second-order valence-electron chi connectivity index (χ2n) is 5.74. The minimum Gasteiger partial charge on any atom is -0.307 e. The molecule has 0 spiro atoms. The molecule has 8 heteroatoms. The molecule has 2 aromatic carbocycles. The van der Waals surface area contributed by atoms with Crippen molar-refractivity contribution in [1.29, 1.82) is 0 Å². The molecule has 3 aromatic rings. The van der Waals surface area contributed by atoms with Gasteiger partial charge in [-0.3, -0.25) is 14.9 Å². The first-order chi connectivity index (χ1) is 12.4. The zero-order valence-corrected chi connectivity index (χ0v) is 14.6. The van der Waals surface area contributed by atoms with E-state index in [-0.39, 0.29) is 16.3 Å². The summed E-state index contributed by atoms with van der Waals surface area (Å²) < 4.78 is 1.65. The number of rotatable bonds is 5. The number of carbonyl (C=O) groups excluding carboxylic acids is 1. The Kier molecular flexibility index (Phi) is 4.99. The summed E-state index contributed by atoms with van der Waals surface area (Å²) in [5.74, 6) is 0.0172. The van der Waals surface area contributed by atoms with Crippen molar-refractivity contribution >= 4 is 29.0 Å². The number of hydrogen-bond acceptors (Lipinski definition) is 4. The first-order valence-corrected chi connectivity index (χ1v) is 8.14. The van der Waals surface area contributed by atoms with E-state index >= 15 is 0 Å². The van der Waals surface area contributed by atoms with Crippen molar-refractivity contribution in [3.05, 3.63) is 86.6 Å². The molecule has 0 saturated heterocycles. The van der Waals surface area contributed by atoms with Crippen LogP contribution in [0.3, 0.4) is 0 Å². The lowest BCUT2D eigenvalue weighted by atomic mass is 10.1. The first kappa shape index (κ1) is 17.6. The molecule has 0 unspecified atom stereocenters. The smallest absolute Gasteiger partial charge is 0.288 e. The van der Waals surface area contributed by atoms with E-state index in [0.717, 1.165) is 17.2 Å². The molecule has 0 radical (unpaired) electrons. The molecule has 0 aliphatic carbocycles. The van der Waals surface area contributed by atoms with Crippen LogP contribution in [0.5, 0.6) is 0 Å². The summed E-state index contributed by atoms with van der Waals surface area (Å²) in [6, 6.07) is 13.6. The van der Waals surface area contributed by atoms with E-state index in [1.165, 1.54) is 12.1 Å². The molecule has 132 valence electrons. The summed E-state index contributed by atoms with van der Waals surface area (Å²) in [5.41, 5.74) is 2.03. The number of hydrogen-bond donors (Lipinski definition) is 1. The third kappa shape index (κ3) is 3.89. The lowest BCUT2D eigenvalue weighted by Crippen LogP contribution is -2.16. The van der Waals surface area contributed by atoms with Crippen LogP contribution in [-0.4, -0.2) is 20.6 Å². The molecule has 0 atom stereocenters. The fraction of sp³-hybridized carbons (Fsp3) is 0.111. The largest absolute Gasteiger partial charge is 0.307 e. The summed E-state index contributed by atoms with van der Waals surface area (Å²) in [5, 5.41) is 17.9. The van der Waals surface area contributed by atoms with Crippen molar-refractivity contribution in [2.45, 2.75) is 13.5 Å². The highest BCUT2D eigenvalue weighted by Gasteiger charge is 2.17. The predicted octanol–water partition coefficient (Wildman–Crippen LogP) is 4.05. The number of carbonyl (C=O) groups is 1. The van der Waals surface area contributed by atoms with Gasteiger partial charge in [0.1, 0.15) is 10.8 Å². The van der Waals surface area contributed by atoms with Crippen LogP contribution in [0.15, 0.2) is 54.7 Å². The average molecular weight is 371 g/mol. The molecule has 1 heterocycles. The lowest BCUT2D eigenvalue weighted by Gasteiger charge is -2.09. The van der Waals surface area contributed by atoms with Crippen molar-refractivity contribution in [3.8, 4) is 0 Å². The van der Waals surface area contributed by atoms with Crippen LogP contribution in [0.1, 0.15) is 21.5 Å². The Morgan fingerprint density at radius 1 is 1.23 bits per heavy atom. The Balaban J connectivity index is 1.78. The molecule has 1 amide bonds. The molecule has 1 N–H and O–H groups in total. The van der Waals surface area contributed by atoms with Gasteiger partial charge >= 0.3 is 0 Å². The van der Waals surface area contributed by atoms with Gasteiger partial charge in [-0.25, -0.2) is 4.68 Å². The van der Waals surface area contributed by atoms with Crippen molar-refractivity contribution < 1.29 is 9.72 Å². The molecule has 1 aromatic heterocycles. The van der Waals surface area contributed by atoms with Gasteiger partial charge in [0.25, 0.3) is 11.6 Å². The number of benzene rings is 2. The van der Waals surface area contributed by atoms with Crippen LogP contribution in [-0.2, 0) is 6.54 Å². The zero-order chi connectivity index (χ0) is 18.7. The average Bonchev–Trinajstić information content (AvgIpc) is 3.03. The second-order valence-corrected chi connectivity index (χ2v) is 6.14. The fourth-order valence-corrected chi connectivity index (χ4v) is 2.60. The van der Waals surface area contributed by atoms with Crippen molar-refractivity contribution in [1.82, 2.24) is 9.78 Å². The number of aryl methyl sites for hydroxylation is 1. The van der Waals surface area contributed by atoms with E-state index in [1.54, 1.807) is 16.9 Å². The minimum atomic E-state index is -0.624. The Labute approximate surface area is 154 Å². The summed E-state index contributed by atoms with van der Waals surface area (Å²) in [6.45, 7) is 2.50. The molecule has 0 bridgehead atoms. The van der Waals surface area contributed by atoms with Gasteiger partial charge in [0.05, 0.1) is 17.7 Å². The molecule has 0 aliphatic heterocycles. The van der Waals surface area contributed by atoms with Gasteiger partial charge in [0, 0.05) is 17.7 Å². The minimum absolute atomic E-state index is 0.0176. The molecule has 26 heavy (non-hydrogen) atoms. The predicted molar refractivity (Wildman–Crippen MR) is 98.6 cm³/mol. The molecule has 3 rings (SSSR count). The standard InChI is InChI=1S/C18H15ClN4O3/c1-12-2-4-13(5-3-12)11-22-17(8-9-20-22)21-18(24)14-6-7-15(19)16(10-14)23(25)26/h2-10H,11H2,1H3,(H,21,24). The molecule has 0 aliphatic rings. The third-order valence-electron chi connectivity index (χ3n) is 3.82. The van der Waals surface area contributed by atoms with Gasteiger partial charge in [-0.05, 0) is 24.6 Å². The molecule has 0 saturated carbocycles. The van der Waals surface area contributed by atoms with Crippen LogP contribution in [0, 0.1) is 17.0 Å². The molecule has 7 nitrogen and oxygen atoms in total.